The van der Waals surface area contributed by atoms with Gasteiger partial charge in [-0.2, -0.15) is 0 Å². The Morgan fingerprint density at radius 3 is 2.17 bits per heavy atom. The molecule has 23 heavy (non-hydrogen) atoms. The molecule has 1 heterocycles. The third-order valence-corrected chi connectivity index (χ3v) is 4.88. The summed E-state index contributed by atoms with van der Waals surface area (Å²) in [6, 6.07) is 20.1. The topological polar surface area (TPSA) is 29.5 Å². The number of hydrogen-bond donors (Lipinski definition) is 0. The van der Waals surface area contributed by atoms with Crippen molar-refractivity contribution in [2.24, 2.45) is 0 Å². The number of benzene rings is 2. The zero-order valence-electron chi connectivity index (χ0n) is 13.7. The highest BCUT2D eigenvalue weighted by Crippen LogP contribution is 2.46. The minimum Gasteiger partial charge on any atom is -0.271 e. The molecule has 3 heteroatoms. The predicted molar refractivity (Wildman–Crippen MR) is 90.6 cm³/mol. The lowest BCUT2D eigenvalue weighted by Gasteiger charge is -2.54. The maximum atomic E-state index is 12.9. The van der Waals surface area contributed by atoms with E-state index in [1.807, 2.05) is 48.5 Å². The zero-order valence-corrected chi connectivity index (χ0v) is 13.7. The standard InChI is InChI=1S/C20H23NO2/c1-3-18-20(4-2,17-13-9-6-10-14-17)19(22)21(18)23-15-16-11-7-5-8-12-16/h5-14,18H,3-4,15H2,1-2H3. The van der Waals surface area contributed by atoms with E-state index in [0.29, 0.717) is 6.61 Å². The second-order valence-electron chi connectivity index (χ2n) is 6.00. The van der Waals surface area contributed by atoms with E-state index in [2.05, 4.69) is 26.0 Å². The van der Waals surface area contributed by atoms with Crippen molar-refractivity contribution in [3.8, 4) is 0 Å². The minimum atomic E-state index is -0.438. The van der Waals surface area contributed by atoms with Gasteiger partial charge in [-0.25, -0.2) is 5.06 Å². The van der Waals surface area contributed by atoms with Gasteiger partial charge < -0.3 is 0 Å². The van der Waals surface area contributed by atoms with Gasteiger partial charge in [0.05, 0.1) is 11.5 Å². The molecule has 1 aliphatic rings. The highest BCUT2D eigenvalue weighted by atomic mass is 16.7. The third-order valence-electron chi connectivity index (χ3n) is 4.88. The summed E-state index contributed by atoms with van der Waals surface area (Å²) in [6.07, 6.45) is 1.67. The molecule has 3 rings (SSSR count). The molecule has 1 amide bonds. The number of hydrogen-bond acceptors (Lipinski definition) is 2. The normalized spacial score (nSPS) is 23.7. The summed E-state index contributed by atoms with van der Waals surface area (Å²) in [5, 5.41) is 1.59. The number of carbonyl (C=O) groups excluding carboxylic acids is 1. The summed E-state index contributed by atoms with van der Waals surface area (Å²) in [5.41, 5.74) is 1.73. The van der Waals surface area contributed by atoms with Crippen molar-refractivity contribution in [2.75, 3.05) is 0 Å². The van der Waals surface area contributed by atoms with Crippen LogP contribution in [0.2, 0.25) is 0 Å². The Morgan fingerprint density at radius 1 is 1.00 bits per heavy atom. The van der Waals surface area contributed by atoms with Gasteiger partial charge in [0.1, 0.15) is 6.61 Å². The van der Waals surface area contributed by atoms with E-state index >= 15 is 0 Å². The summed E-state index contributed by atoms with van der Waals surface area (Å²) in [6.45, 7) is 4.63. The van der Waals surface area contributed by atoms with Gasteiger partial charge in [0.2, 0.25) is 0 Å². The summed E-state index contributed by atoms with van der Waals surface area (Å²) in [7, 11) is 0. The molecular weight excluding hydrogens is 286 g/mol. The Labute approximate surface area is 137 Å². The molecule has 0 radical (unpaired) electrons. The Morgan fingerprint density at radius 2 is 1.61 bits per heavy atom. The van der Waals surface area contributed by atoms with Crippen LogP contribution in [0.1, 0.15) is 37.8 Å². The summed E-state index contributed by atoms with van der Waals surface area (Å²) >= 11 is 0. The van der Waals surface area contributed by atoms with Gasteiger partial charge in [0.15, 0.2) is 0 Å². The molecule has 2 aromatic carbocycles. The molecule has 0 aliphatic carbocycles. The van der Waals surface area contributed by atoms with Crippen molar-refractivity contribution >= 4 is 5.91 Å². The third kappa shape index (κ3) is 2.55. The molecule has 0 N–H and O–H groups in total. The average molecular weight is 309 g/mol. The van der Waals surface area contributed by atoms with Crippen molar-refractivity contribution in [1.29, 1.82) is 0 Å². The van der Waals surface area contributed by atoms with Crippen LogP contribution >= 0.6 is 0 Å². The number of carbonyl (C=O) groups is 1. The average Bonchev–Trinajstić information content (AvgIpc) is 2.61. The number of hydroxylamine groups is 2. The van der Waals surface area contributed by atoms with Crippen LogP contribution in [0.5, 0.6) is 0 Å². The molecule has 1 aliphatic heterocycles. The maximum Gasteiger partial charge on any atom is 0.259 e. The maximum absolute atomic E-state index is 12.9. The monoisotopic (exact) mass is 309 g/mol. The van der Waals surface area contributed by atoms with Crippen molar-refractivity contribution in [3.63, 3.8) is 0 Å². The van der Waals surface area contributed by atoms with Gasteiger partial charge in [-0.1, -0.05) is 74.5 Å². The van der Waals surface area contributed by atoms with Crippen molar-refractivity contribution in [3.05, 3.63) is 71.8 Å². The van der Waals surface area contributed by atoms with Gasteiger partial charge >= 0.3 is 0 Å². The summed E-state index contributed by atoms with van der Waals surface area (Å²) in [4.78, 5) is 18.7. The van der Waals surface area contributed by atoms with Crippen molar-refractivity contribution in [1.82, 2.24) is 5.06 Å². The van der Waals surface area contributed by atoms with Crippen LogP contribution in [0.15, 0.2) is 60.7 Å². The van der Waals surface area contributed by atoms with Gasteiger partial charge in [-0.05, 0) is 24.0 Å². The first kappa shape index (κ1) is 15.8. The highest BCUT2D eigenvalue weighted by Gasteiger charge is 2.60. The molecule has 0 aromatic heterocycles. The van der Waals surface area contributed by atoms with Gasteiger partial charge in [-0.15, -0.1) is 0 Å². The zero-order chi connectivity index (χ0) is 16.3. The SMILES string of the molecule is CCC1N(OCc2ccccc2)C(=O)C1(CC)c1ccccc1. The fourth-order valence-electron chi connectivity index (χ4n) is 3.64. The van der Waals surface area contributed by atoms with Crippen LogP contribution in [-0.2, 0) is 21.7 Å². The largest absolute Gasteiger partial charge is 0.271 e. The molecule has 1 fully saturated rings. The molecule has 2 aromatic rings. The Bertz CT molecular complexity index is 656. The van der Waals surface area contributed by atoms with Crippen molar-refractivity contribution < 1.29 is 9.63 Å². The number of rotatable bonds is 6. The number of nitrogens with zero attached hydrogens (tertiary/aromatic N) is 1. The molecular formula is C20H23NO2. The quantitative estimate of drug-likeness (QED) is 0.752. The fraction of sp³-hybridized carbons (Fsp3) is 0.350. The van der Waals surface area contributed by atoms with E-state index in [1.54, 1.807) is 5.06 Å². The first-order chi connectivity index (χ1) is 11.2. The first-order valence-corrected chi connectivity index (χ1v) is 8.30. The number of amides is 1. The lowest BCUT2D eigenvalue weighted by atomic mass is 9.64. The molecule has 120 valence electrons. The molecule has 1 saturated heterocycles. The van der Waals surface area contributed by atoms with E-state index in [4.69, 9.17) is 4.84 Å². The van der Waals surface area contributed by atoms with Crippen LogP contribution in [0.3, 0.4) is 0 Å². The lowest BCUT2D eigenvalue weighted by Crippen LogP contribution is -2.70. The van der Waals surface area contributed by atoms with Gasteiger partial charge in [-0.3, -0.25) is 9.63 Å². The second-order valence-corrected chi connectivity index (χ2v) is 6.00. The van der Waals surface area contributed by atoms with Crippen LogP contribution in [-0.4, -0.2) is 17.0 Å². The molecule has 2 unspecified atom stereocenters. The highest BCUT2D eigenvalue weighted by molar-refractivity contribution is 5.94. The van der Waals surface area contributed by atoms with E-state index in [0.717, 1.165) is 24.0 Å². The van der Waals surface area contributed by atoms with Crippen LogP contribution in [0.25, 0.3) is 0 Å². The summed E-state index contributed by atoms with van der Waals surface area (Å²) in [5.74, 6) is 0.0778. The molecule has 0 bridgehead atoms. The van der Waals surface area contributed by atoms with Crippen molar-refractivity contribution in [2.45, 2.75) is 44.8 Å². The fourth-order valence-corrected chi connectivity index (χ4v) is 3.64. The van der Waals surface area contributed by atoms with E-state index in [-0.39, 0.29) is 11.9 Å². The summed E-state index contributed by atoms with van der Waals surface area (Å²) < 4.78 is 0. The lowest BCUT2D eigenvalue weighted by molar-refractivity contribution is -0.256. The Kier molecular flexibility index (Phi) is 4.49. The smallest absolute Gasteiger partial charge is 0.259 e. The van der Waals surface area contributed by atoms with Crippen LogP contribution in [0, 0.1) is 0 Å². The minimum absolute atomic E-state index is 0.0778. The van der Waals surface area contributed by atoms with Gasteiger partial charge in [0, 0.05) is 0 Å². The van der Waals surface area contributed by atoms with Crippen LogP contribution in [0.4, 0.5) is 0 Å². The molecule has 0 saturated carbocycles. The molecule has 0 spiro atoms. The van der Waals surface area contributed by atoms with E-state index in [1.165, 1.54) is 0 Å². The Hall–Kier alpha value is -2.13. The van der Waals surface area contributed by atoms with Gasteiger partial charge in [0.25, 0.3) is 5.91 Å². The second kappa shape index (κ2) is 6.55. The first-order valence-electron chi connectivity index (χ1n) is 8.30. The van der Waals surface area contributed by atoms with Crippen LogP contribution < -0.4 is 0 Å². The number of β-lactam (4-membered cyclic amide) rings is 1. The van der Waals surface area contributed by atoms with E-state index < -0.39 is 5.41 Å². The Balaban J connectivity index is 1.79. The molecule has 2 atom stereocenters. The predicted octanol–water partition coefficient (Wildman–Crippen LogP) is 4.09. The molecule has 3 nitrogen and oxygen atoms in total. The van der Waals surface area contributed by atoms with E-state index in [9.17, 15) is 4.79 Å².